The molecule has 0 bridgehead atoms. The molecule has 21 heavy (non-hydrogen) atoms. The highest BCUT2D eigenvalue weighted by Crippen LogP contribution is 2.19. The first-order valence-electron chi connectivity index (χ1n) is 7.07. The molecule has 0 spiro atoms. The van der Waals surface area contributed by atoms with Crippen LogP contribution < -0.4 is 10.3 Å². The van der Waals surface area contributed by atoms with Crippen LogP contribution in [0.2, 0.25) is 0 Å². The molecule has 0 radical (unpaired) electrons. The van der Waals surface area contributed by atoms with Gasteiger partial charge in [0.25, 0.3) is 5.56 Å². The minimum atomic E-state index is -0.724. The van der Waals surface area contributed by atoms with E-state index in [1.165, 1.54) is 4.57 Å². The molecular weight excluding hydrogens is 266 g/mol. The Morgan fingerprint density at radius 1 is 1.19 bits per heavy atom. The third-order valence-corrected chi connectivity index (χ3v) is 3.16. The van der Waals surface area contributed by atoms with Crippen LogP contribution in [-0.4, -0.2) is 15.8 Å². The summed E-state index contributed by atoms with van der Waals surface area (Å²) in [5.74, 6) is 0.772. The molecular formula is C17H21NO3. The van der Waals surface area contributed by atoms with Crippen LogP contribution in [0.1, 0.15) is 31.1 Å². The molecule has 0 amide bonds. The number of rotatable bonds is 5. The van der Waals surface area contributed by atoms with E-state index in [9.17, 15) is 9.90 Å². The van der Waals surface area contributed by atoms with Gasteiger partial charge in [0.15, 0.2) is 0 Å². The largest absolute Gasteiger partial charge is 0.491 e. The summed E-state index contributed by atoms with van der Waals surface area (Å²) in [7, 11) is 0. The predicted octanol–water partition coefficient (Wildman–Crippen LogP) is 2.68. The van der Waals surface area contributed by atoms with E-state index in [0.29, 0.717) is 0 Å². The number of nitrogens with zero attached hydrogens (tertiary/aromatic N) is 1. The smallest absolute Gasteiger partial charge is 0.250 e. The Morgan fingerprint density at radius 3 is 2.43 bits per heavy atom. The van der Waals surface area contributed by atoms with Crippen LogP contribution in [0.3, 0.4) is 0 Å². The lowest BCUT2D eigenvalue weighted by Crippen LogP contribution is -2.22. The van der Waals surface area contributed by atoms with Crippen LogP contribution in [0.15, 0.2) is 47.4 Å². The second-order valence-electron chi connectivity index (χ2n) is 5.45. The van der Waals surface area contributed by atoms with Crippen molar-refractivity contribution in [1.29, 1.82) is 0 Å². The quantitative estimate of drug-likeness (QED) is 0.920. The monoisotopic (exact) mass is 287 g/mol. The van der Waals surface area contributed by atoms with Crippen LogP contribution in [0.4, 0.5) is 0 Å². The molecule has 1 heterocycles. The average Bonchev–Trinajstić information content (AvgIpc) is 2.42. The summed E-state index contributed by atoms with van der Waals surface area (Å²) in [6, 6.07) is 10.7. The Bertz CT molecular complexity index is 644. The van der Waals surface area contributed by atoms with E-state index in [-0.39, 0.29) is 18.2 Å². The summed E-state index contributed by atoms with van der Waals surface area (Å²) in [5, 5.41) is 10.2. The molecule has 1 unspecified atom stereocenters. The van der Waals surface area contributed by atoms with Crippen molar-refractivity contribution < 1.29 is 9.84 Å². The van der Waals surface area contributed by atoms with Gasteiger partial charge in [0.2, 0.25) is 0 Å². The van der Waals surface area contributed by atoms with Gasteiger partial charge in [-0.25, -0.2) is 0 Å². The van der Waals surface area contributed by atoms with E-state index >= 15 is 0 Å². The lowest BCUT2D eigenvalue weighted by molar-refractivity contribution is 0.155. The Balaban J connectivity index is 2.09. The summed E-state index contributed by atoms with van der Waals surface area (Å²) in [5.41, 5.74) is 1.58. The normalized spacial score (nSPS) is 12.4. The molecule has 0 aliphatic carbocycles. The fraction of sp³-hybridized carbons (Fsp3) is 0.353. The van der Waals surface area contributed by atoms with Crippen LogP contribution >= 0.6 is 0 Å². The Kier molecular flexibility index (Phi) is 4.81. The van der Waals surface area contributed by atoms with E-state index in [0.717, 1.165) is 16.9 Å². The predicted molar refractivity (Wildman–Crippen MR) is 82.6 cm³/mol. The average molecular weight is 287 g/mol. The van der Waals surface area contributed by atoms with Gasteiger partial charge in [-0.2, -0.15) is 0 Å². The molecule has 0 saturated heterocycles. The van der Waals surface area contributed by atoms with Gasteiger partial charge in [-0.15, -0.1) is 0 Å². The first kappa shape index (κ1) is 15.3. The van der Waals surface area contributed by atoms with Crippen LogP contribution in [0.5, 0.6) is 5.75 Å². The summed E-state index contributed by atoms with van der Waals surface area (Å²) >= 11 is 0. The lowest BCUT2D eigenvalue weighted by Gasteiger charge is -2.14. The van der Waals surface area contributed by atoms with Crippen LogP contribution in [0, 0.1) is 6.92 Å². The molecule has 1 aromatic heterocycles. The summed E-state index contributed by atoms with van der Waals surface area (Å²) in [6.45, 7) is 6.04. The highest BCUT2D eigenvalue weighted by molar-refractivity contribution is 5.28. The maximum absolute atomic E-state index is 11.8. The topological polar surface area (TPSA) is 51.5 Å². The molecule has 2 aromatic rings. The number of benzene rings is 1. The zero-order valence-corrected chi connectivity index (χ0v) is 12.6. The second-order valence-corrected chi connectivity index (χ2v) is 5.45. The van der Waals surface area contributed by atoms with Gasteiger partial charge in [-0.3, -0.25) is 4.79 Å². The number of aliphatic hydroxyl groups is 1. The van der Waals surface area contributed by atoms with Crippen LogP contribution in [-0.2, 0) is 6.54 Å². The number of pyridine rings is 1. The molecule has 2 rings (SSSR count). The number of aromatic nitrogens is 1. The number of ether oxygens (including phenoxy) is 1. The molecule has 0 fully saturated rings. The highest BCUT2D eigenvalue weighted by Gasteiger charge is 2.10. The Morgan fingerprint density at radius 2 is 1.86 bits per heavy atom. The van der Waals surface area contributed by atoms with E-state index in [4.69, 9.17) is 4.74 Å². The van der Waals surface area contributed by atoms with Crippen molar-refractivity contribution in [2.24, 2.45) is 0 Å². The molecule has 0 aliphatic heterocycles. The third-order valence-electron chi connectivity index (χ3n) is 3.16. The minimum absolute atomic E-state index is 0.103. The van der Waals surface area contributed by atoms with Crippen molar-refractivity contribution in [3.8, 4) is 5.75 Å². The first-order valence-corrected chi connectivity index (χ1v) is 7.07. The van der Waals surface area contributed by atoms with Crippen molar-refractivity contribution in [3.05, 3.63) is 64.1 Å². The van der Waals surface area contributed by atoms with Crippen LogP contribution in [0.25, 0.3) is 0 Å². The van der Waals surface area contributed by atoms with Crippen molar-refractivity contribution in [1.82, 2.24) is 4.57 Å². The van der Waals surface area contributed by atoms with Gasteiger partial charge in [0, 0.05) is 12.3 Å². The number of aryl methyl sites for hydroxylation is 1. The molecule has 4 heteroatoms. The van der Waals surface area contributed by atoms with Crippen molar-refractivity contribution in [3.63, 3.8) is 0 Å². The van der Waals surface area contributed by atoms with E-state index < -0.39 is 6.10 Å². The number of hydrogen-bond donors (Lipinski definition) is 1. The SMILES string of the molecule is Cc1ccn(CC(O)c2ccc(OC(C)C)cc2)c(=O)c1. The minimum Gasteiger partial charge on any atom is -0.491 e. The number of hydrogen-bond acceptors (Lipinski definition) is 3. The first-order chi connectivity index (χ1) is 9.95. The maximum atomic E-state index is 11.8. The molecule has 4 nitrogen and oxygen atoms in total. The van der Waals surface area contributed by atoms with E-state index in [2.05, 4.69) is 0 Å². The molecule has 0 aliphatic rings. The zero-order valence-electron chi connectivity index (χ0n) is 12.6. The molecule has 112 valence electrons. The molecule has 1 atom stereocenters. The summed E-state index contributed by atoms with van der Waals surface area (Å²) in [6.07, 6.45) is 1.10. The second kappa shape index (κ2) is 6.59. The van der Waals surface area contributed by atoms with Crippen molar-refractivity contribution >= 4 is 0 Å². The standard InChI is InChI=1S/C17H21NO3/c1-12(2)21-15-6-4-14(5-7-15)16(19)11-18-9-8-13(3)10-17(18)20/h4-10,12,16,19H,11H2,1-3H3. The lowest BCUT2D eigenvalue weighted by atomic mass is 10.1. The van der Waals surface area contributed by atoms with Crippen molar-refractivity contribution in [2.45, 2.75) is 39.5 Å². The van der Waals surface area contributed by atoms with Gasteiger partial charge in [-0.1, -0.05) is 12.1 Å². The zero-order chi connectivity index (χ0) is 15.4. The molecule has 1 N–H and O–H groups in total. The maximum Gasteiger partial charge on any atom is 0.250 e. The Hall–Kier alpha value is -2.07. The van der Waals surface area contributed by atoms with Gasteiger partial charge >= 0.3 is 0 Å². The fourth-order valence-corrected chi connectivity index (χ4v) is 2.09. The van der Waals surface area contributed by atoms with Crippen molar-refractivity contribution in [2.75, 3.05) is 0 Å². The molecule has 0 saturated carbocycles. The third kappa shape index (κ3) is 4.20. The van der Waals surface area contributed by atoms with Gasteiger partial charge in [0.05, 0.1) is 18.8 Å². The molecule has 1 aromatic carbocycles. The van der Waals surface area contributed by atoms with E-state index in [1.807, 2.05) is 51.1 Å². The Labute approximate surface area is 124 Å². The van der Waals surface area contributed by atoms with Gasteiger partial charge in [-0.05, 0) is 50.1 Å². The summed E-state index contributed by atoms with van der Waals surface area (Å²) in [4.78, 5) is 11.8. The number of aliphatic hydroxyl groups excluding tert-OH is 1. The summed E-state index contributed by atoms with van der Waals surface area (Å²) < 4.78 is 7.07. The van der Waals surface area contributed by atoms with E-state index in [1.54, 1.807) is 12.3 Å². The highest BCUT2D eigenvalue weighted by atomic mass is 16.5. The van der Waals surface area contributed by atoms with Gasteiger partial charge in [0.1, 0.15) is 5.75 Å². The fourth-order valence-electron chi connectivity index (χ4n) is 2.09. The van der Waals surface area contributed by atoms with Gasteiger partial charge < -0.3 is 14.4 Å².